The van der Waals surface area contributed by atoms with Gasteiger partial charge in [-0.1, -0.05) is 6.92 Å². The van der Waals surface area contributed by atoms with Gasteiger partial charge in [0, 0.05) is 24.4 Å². The predicted molar refractivity (Wildman–Crippen MR) is 52.6 cm³/mol. The smallest absolute Gasteiger partial charge is 0.109 e. The van der Waals surface area contributed by atoms with E-state index in [0.717, 1.165) is 19.0 Å². The van der Waals surface area contributed by atoms with E-state index in [0.29, 0.717) is 0 Å². The summed E-state index contributed by atoms with van der Waals surface area (Å²) in [6, 6.07) is 0. The van der Waals surface area contributed by atoms with Crippen molar-refractivity contribution >= 4 is 0 Å². The van der Waals surface area contributed by atoms with Gasteiger partial charge in [-0.25, -0.2) is 4.98 Å². The highest BCUT2D eigenvalue weighted by molar-refractivity contribution is 5.10. The maximum Gasteiger partial charge on any atom is 0.109 e. The Morgan fingerprint density at radius 2 is 2.46 bits per heavy atom. The van der Waals surface area contributed by atoms with E-state index in [1.165, 1.54) is 30.8 Å². The molecule has 1 fully saturated rings. The van der Waals surface area contributed by atoms with Crippen molar-refractivity contribution in [3.8, 4) is 0 Å². The molecule has 0 spiro atoms. The number of imidazole rings is 1. The molecular formula is C10H17N3. The van der Waals surface area contributed by atoms with Gasteiger partial charge in [0.1, 0.15) is 5.82 Å². The maximum absolute atomic E-state index is 4.36. The summed E-state index contributed by atoms with van der Waals surface area (Å²) in [7, 11) is 0. The summed E-state index contributed by atoms with van der Waals surface area (Å²) in [6.45, 7) is 4.18. The lowest BCUT2D eigenvalue weighted by Gasteiger charge is -1.98. The first-order chi connectivity index (χ1) is 6.40. The third kappa shape index (κ3) is 2.31. The summed E-state index contributed by atoms with van der Waals surface area (Å²) in [5.41, 5.74) is 1.22. The summed E-state index contributed by atoms with van der Waals surface area (Å²) >= 11 is 0. The molecule has 0 saturated heterocycles. The SMILES string of the molecule is CCCNCc1cnc(C2CC2)[nH]1. The molecule has 0 amide bonds. The first-order valence-electron chi connectivity index (χ1n) is 5.14. The van der Waals surface area contributed by atoms with Gasteiger partial charge < -0.3 is 10.3 Å². The van der Waals surface area contributed by atoms with Crippen LogP contribution in [0.1, 0.15) is 43.6 Å². The lowest BCUT2D eigenvalue weighted by molar-refractivity contribution is 0.665. The van der Waals surface area contributed by atoms with Crippen LogP contribution < -0.4 is 5.32 Å². The second-order valence-electron chi connectivity index (χ2n) is 3.74. The van der Waals surface area contributed by atoms with Crippen molar-refractivity contribution in [1.82, 2.24) is 15.3 Å². The van der Waals surface area contributed by atoms with E-state index in [1.54, 1.807) is 0 Å². The Kier molecular flexibility index (Phi) is 2.64. The highest BCUT2D eigenvalue weighted by Crippen LogP contribution is 2.37. The number of aromatic nitrogens is 2. The van der Waals surface area contributed by atoms with Gasteiger partial charge in [-0.05, 0) is 25.8 Å². The van der Waals surface area contributed by atoms with E-state index in [-0.39, 0.29) is 0 Å². The lowest BCUT2D eigenvalue weighted by atomic mass is 10.4. The van der Waals surface area contributed by atoms with Crippen molar-refractivity contribution in [3.63, 3.8) is 0 Å². The van der Waals surface area contributed by atoms with Crippen LogP contribution in [-0.2, 0) is 6.54 Å². The minimum atomic E-state index is 0.736. The fourth-order valence-corrected chi connectivity index (χ4v) is 1.43. The largest absolute Gasteiger partial charge is 0.345 e. The average Bonchev–Trinajstić information content (AvgIpc) is 2.88. The third-order valence-corrected chi connectivity index (χ3v) is 2.35. The fourth-order valence-electron chi connectivity index (χ4n) is 1.43. The van der Waals surface area contributed by atoms with E-state index in [2.05, 4.69) is 22.2 Å². The van der Waals surface area contributed by atoms with Gasteiger partial charge in [-0.15, -0.1) is 0 Å². The van der Waals surface area contributed by atoms with Crippen LogP contribution in [0.3, 0.4) is 0 Å². The molecular weight excluding hydrogens is 162 g/mol. The second-order valence-corrected chi connectivity index (χ2v) is 3.74. The average molecular weight is 179 g/mol. The van der Waals surface area contributed by atoms with E-state index in [4.69, 9.17) is 0 Å². The van der Waals surface area contributed by atoms with Gasteiger partial charge in [-0.3, -0.25) is 0 Å². The highest BCUT2D eigenvalue weighted by atomic mass is 15.0. The number of nitrogens with zero attached hydrogens (tertiary/aromatic N) is 1. The Balaban J connectivity index is 1.82. The van der Waals surface area contributed by atoms with Gasteiger partial charge in [0.05, 0.1) is 0 Å². The molecule has 0 unspecified atom stereocenters. The number of hydrogen-bond donors (Lipinski definition) is 2. The van der Waals surface area contributed by atoms with Crippen molar-refractivity contribution in [2.75, 3.05) is 6.54 Å². The molecule has 0 radical (unpaired) electrons. The molecule has 2 rings (SSSR count). The number of aromatic amines is 1. The van der Waals surface area contributed by atoms with E-state index in [1.807, 2.05) is 6.20 Å². The van der Waals surface area contributed by atoms with Crippen LogP contribution in [0.4, 0.5) is 0 Å². The van der Waals surface area contributed by atoms with Crippen LogP contribution in [0.15, 0.2) is 6.20 Å². The maximum atomic E-state index is 4.36. The minimum absolute atomic E-state index is 0.736. The fraction of sp³-hybridized carbons (Fsp3) is 0.700. The molecule has 3 nitrogen and oxygen atoms in total. The second kappa shape index (κ2) is 3.92. The molecule has 0 bridgehead atoms. The van der Waals surface area contributed by atoms with Gasteiger partial charge in [-0.2, -0.15) is 0 Å². The lowest BCUT2D eigenvalue weighted by Crippen LogP contribution is -2.13. The summed E-state index contributed by atoms with van der Waals surface area (Å²) in [4.78, 5) is 7.72. The monoisotopic (exact) mass is 179 g/mol. The predicted octanol–water partition coefficient (Wildman–Crippen LogP) is 1.79. The van der Waals surface area contributed by atoms with Crippen molar-refractivity contribution < 1.29 is 0 Å². The molecule has 0 aliphatic heterocycles. The van der Waals surface area contributed by atoms with Crippen molar-refractivity contribution in [2.45, 2.75) is 38.6 Å². The Hall–Kier alpha value is -0.830. The van der Waals surface area contributed by atoms with E-state index < -0.39 is 0 Å². The van der Waals surface area contributed by atoms with Crippen LogP contribution in [0.2, 0.25) is 0 Å². The van der Waals surface area contributed by atoms with Crippen molar-refractivity contribution in [1.29, 1.82) is 0 Å². The summed E-state index contributed by atoms with van der Waals surface area (Å²) in [5, 5.41) is 3.35. The first-order valence-corrected chi connectivity index (χ1v) is 5.14. The first kappa shape index (κ1) is 8.75. The molecule has 13 heavy (non-hydrogen) atoms. The number of rotatable bonds is 5. The summed E-state index contributed by atoms with van der Waals surface area (Å²) in [5.74, 6) is 1.92. The normalized spacial score (nSPS) is 16.4. The quantitative estimate of drug-likeness (QED) is 0.676. The molecule has 1 aromatic heterocycles. The zero-order valence-corrected chi connectivity index (χ0v) is 8.14. The van der Waals surface area contributed by atoms with Gasteiger partial charge >= 0.3 is 0 Å². The zero-order valence-electron chi connectivity index (χ0n) is 8.14. The van der Waals surface area contributed by atoms with Gasteiger partial charge in [0.15, 0.2) is 0 Å². The Morgan fingerprint density at radius 3 is 3.15 bits per heavy atom. The van der Waals surface area contributed by atoms with Crippen LogP contribution in [-0.4, -0.2) is 16.5 Å². The van der Waals surface area contributed by atoms with Gasteiger partial charge in [0.2, 0.25) is 0 Å². The molecule has 3 heteroatoms. The molecule has 0 atom stereocenters. The Morgan fingerprint density at radius 1 is 1.62 bits per heavy atom. The summed E-state index contributed by atoms with van der Waals surface area (Å²) < 4.78 is 0. The molecule has 1 aliphatic rings. The zero-order chi connectivity index (χ0) is 9.10. The molecule has 0 aromatic carbocycles. The summed E-state index contributed by atoms with van der Waals surface area (Å²) in [6.07, 6.45) is 5.77. The molecule has 2 N–H and O–H groups in total. The number of hydrogen-bond acceptors (Lipinski definition) is 2. The van der Waals surface area contributed by atoms with E-state index in [9.17, 15) is 0 Å². The van der Waals surface area contributed by atoms with Crippen LogP contribution >= 0.6 is 0 Å². The highest BCUT2D eigenvalue weighted by Gasteiger charge is 2.26. The molecule has 1 heterocycles. The van der Waals surface area contributed by atoms with Crippen molar-refractivity contribution in [2.24, 2.45) is 0 Å². The van der Waals surface area contributed by atoms with Crippen LogP contribution in [0.5, 0.6) is 0 Å². The van der Waals surface area contributed by atoms with Crippen molar-refractivity contribution in [3.05, 3.63) is 17.7 Å². The molecule has 1 aliphatic carbocycles. The minimum Gasteiger partial charge on any atom is -0.345 e. The van der Waals surface area contributed by atoms with Crippen LogP contribution in [0.25, 0.3) is 0 Å². The van der Waals surface area contributed by atoms with E-state index >= 15 is 0 Å². The number of H-pyrrole nitrogens is 1. The molecule has 1 aromatic rings. The third-order valence-electron chi connectivity index (χ3n) is 2.35. The Labute approximate surface area is 79.0 Å². The number of nitrogens with one attached hydrogen (secondary N) is 2. The Bertz CT molecular complexity index is 263. The topological polar surface area (TPSA) is 40.7 Å². The van der Waals surface area contributed by atoms with Crippen LogP contribution in [0, 0.1) is 0 Å². The van der Waals surface area contributed by atoms with Gasteiger partial charge in [0.25, 0.3) is 0 Å². The molecule has 1 saturated carbocycles. The molecule has 72 valence electrons. The standard InChI is InChI=1S/C10H17N3/c1-2-5-11-6-9-7-12-10(13-9)8-3-4-8/h7-8,11H,2-6H2,1H3,(H,12,13).